The van der Waals surface area contributed by atoms with Gasteiger partial charge in [0.2, 0.25) is 0 Å². The topological polar surface area (TPSA) is 96.2 Å². The Kier molecular flexibility index (Phi) is 10.9. The number of methoxy groups -OCH3 is 1. The number of furan rings is 1. The molecule has 1 aliphatic rings. The molecule has 1 amide bonds. The molecule has 1 aliphatic heterocycles. The average Bonchev–Trinajstić information content (AvgIpc) is 3.12. The van der Waals surface area contributed by atoms with Gasteiger partial charge in [0.05, 0.1) is 19.3 Å². The number of esters is 1. The molecule has 0 spiro atoms. The van der Waals surface area contributed by atoms with Gasteiger partial charge in [-0.15, -0.1) is 24.0 Å². The lowest BCUT2D eigenvalue weighted by atomic mass is 9.97. The highest BCUT2D eigenvalue weighted by Gasteiger charge is 2.26. The molecular formula is C19H31IN4O4. The van der Waals surface area contributed by atoms with E-state index in [1.807, 2.05) is 13.8 Å². The Morgan fingerprint density at radius 3 is 2.61 bits per heavy atom. The minimum absolute atomic E-state index is 0. The van der Waals surface area contributed by atoms with Crippen LogP contribution in [0.2, 0.25) is 0 Å². The van der Waals surface area contributed by atoms with Crippen LogP contribution in [-0.2, 0) is 9.53 Å². The van der Waals surface area contributed by atoms with Gasteiger partial charge in [-0.05, 0) is 39.2 Å². The molecule has 158 valence electrons. The van der Waals surface area contributed by atoms with E-state index in [2.05, 4.69) is 20.5 Å². The number of ether oxygens (including phenoxy) is 1. The Balaban J connectivity index is 0.00000392. The van der Waals surface area contributed by atoms with Gasteiger partial charge >= 0.3 is 5.97 Å². The van der Waals surface area contributed by atoms with Crippen molar-refractivity contribution in [1.82, 2.24) is 15.5 Å². The second-order valence-electron chi connectivity index (χ2n) is 6.56. The summed E-state index contributed by atoms with van der Waals surface area (Å²) in [4.78, 5) is 30.5. The predicted octanol–water partition coefficient (Wildman–Crippen LogP) is 2.18. The van der Waals surface area contributed by atoms with Gasteiger partial charge in [-0.3, -0.25) is 14.6 Å². The lowest BCUT2D eigenvalue weighted by molar-refractivity contribution is -0.146. The van der Waals surface area contributed by atoms with Gasteiger partial charge in [-0.25, -0.2) is 0 Å². The molecule has 1 saturated heterocycles. The van der Waals surface area contributed by atoms with Crippen LogP contribution in [0.25, 0.3) is 0 Å². The number of carbonyl (C=O) groups is 2. The highest BCUT2D eigenvalue weighted by atomic mass is 127. The molecule has 1 aromatic rings. The molecule has 2 rings (SSSR count). The summed E-state index contributed by atoms with van der Waals surface area (Å²) in [6.07, 6.45) is 3.80. The SMILES string of the molecule is CCNC(=NCCCNC(=O)c1occc1C)N1CCC(C(=O)OC)CC1.I. The van der Waals surface area contributed by atoms with Crippen molar-refractivity contribution >= 4 is 41.8 Å². The van der Waals surface area contributed by atoms with E-state index in [4.69, 9.17) is 9.15 Å². The molecule has 0 radical (unpaired) electrons. The fraction of sp³-hybridized carbons (Fsp3) is 0.632. The number of nitrogens with one attached hydrogen (secondary N) is 2. The Morgan fingerprint density at radius 1 is 1.32 bits per heavy atom. The molecule has 0 unspecified atom stereocenters. The van der Waals surface area contributed by atoms with Crippen LogP contribution in [0, 0.1) is 12.8 Å². The molecule has 0 bridgehead atoms. The zero-order chi connectivity index (χ0) is 19.6. The quantitative estimate of drug-likeness (QED) is 0.194. The van der Waals surface area contributed by atoms with E-state index >= 15 is 0 Å². The minimum atomic E-state index is -0.196. The van der Waals surface area contributed by atoms with Crippen LogP contribution >= 0.6 is 24.0 Å². The number of halogens is 1. The lowest BCUT2D eigenvalue weighted by Gasteiger charge is -2.33. The molecule has 1 fully saturated rings. The van der Waals surface area contributed by atoms with Gasteiger partial charge in [-0.2, -0.15) is 0 Å². The van der Waals surface area contributed by atoms with E-state index < -0.39 is 0 Å². The van der Waals surface area contributed by atoms with Crippen molar-refractivity contribution in [1.29, 1.82) is 0 Å². The first-order valence-corrected chi connectivity index (χ1v) is 9.50. The van der Waals surface area contributed by atoms with Gasteiger partial charge in [-0.1, -0.05) is 0 Å². The number of aryl methyl sites for hydroxylation is 1. The van der Waals surface area contributed by atoms with E-state index in [1.165, 1.54) is 13.4 Å². The van der Waals surface area contributed by atoms with Gasteiger partial charge in [0.25, 0.3) is 5.91 Å². The second-order valence-corrected chi connectivity index (χ2v) is 6.56. The number of rotatable bonds is 7. The third-order valence-corrected chi connectivity index (χ3v) is 4.61. The molecule has 28 heavy (non-hydrogen) atoms. The molecule has 0 aromatic carbocycles. The summed E-state index contributed by atoms with van der Waals surface area (Å²) in [6, 6.07) is 1.77. The van der Waals surface area contributed by atoms with Crippen LogP contribution in [-0.4, -0.2) is 62.6 Å². The summed E-state index contributed by atoms with van der Waals surface area (Å²) in [7, 11) is 1.44. The van der Waals surface area contributed by atoms with Crippen molar-refractivity contribution in [2.24, 2.45) is 10.9 Å². The third-order valence-electron chi connectivity index (χ3n) is 4.61. The van der Waals surface area contributed by atoms with E-state index in [-0.39, 0.29) is 41.8 Å². The van der Waals surface area contributed by atoms with Crippen molar-refractivity contribution in [3.63, 3.8) is 0 Å². The molecule has 9 heteroatoms. The summed E-state index contributed by atoms with van der Waals surface area (Å²) in [5.74, 6) is 0.876. The van der Waals surface area contributed by atoms with Crippen molar-refractivity contribution < 1.29 is 18.7 Å². The summed E-state index contributed by atoms with van der Waals surface area (Å²) in [5, 5.41) is 6.15. The summed E-state index contributed by atoms with van der Waals surface area (Å²) in [6.45, 7) is 7.35. The maximum absolute atomic E-state index is 12.0. The number of carbonyl (C=O) groups excluding carboxylic acids is 2. The largest absolute Gasteiger partial charge is 0.469 e. The number of amides is 1. The zero-order valence-corrected chi connectivity index (χ0v) is 19.2. The van der Waals surface area contributed by atoms with Crippen LogP contribution in [0.1, 0.15) is 42.3 Å². The molecule has 1 aromatic heterocycles. The van der Waals surface area contributed by atoms with E-state index in [0.717, 1.165) is 50.4 Å². The Morgan fingerprint density at radius 2 is 2.04 bits per heavy atom. The van der Waals surface area contributed by atoms with Crippen molar-refractivity contribution in [3.8, 4) is 0 Å². The number of aliphatic imine (C=N–C) groups is 1. The fourth-order valence-corrected chi connectivity index (χ4v) is 3.07. The Hall–Kier alpha value is -1.78. The first-order valence-electron chi connectivity index (χ1n) is 9.50. The predicted molar refractivity (Wildman–Crippen MR) is 118 cm³/mol. The first kappa shape index (κ1) is 24.3. The van der Waals surface area contributed by atoms with Crippen molar-refractivity contribution in [3.05, 3.63) is 23.7 Å². The number of guanidine groups is 1. The van der Waals surface area contributed by atoms with E-state index in [9.17, 15) is 9.59 Å². The highest BCUT2D eigenvalue weighted by Crippen LogP contribution is 2.18. The number of nitrogens with zero attached hydrogens (tertiary/aromatic N) is 2. The number of likely N-dealkylation sites (tertiary alicyclic amines) is 1. The monoisotopic (exact) mass is 506 g/mol. The second kappa shape index (κ2) is 12.6. The molecule has 2 N–H and O–H groups in total. The fourth-order valence-electron chi connectivity index (χ4n) is 3.07. The summed E-state index contributed by atoms with van der Waals surface area (Å²) >= 11 is 0. The van der Waals surface area contributed by atoms with Gasteiger partial charge < -0.3 is 24.7 Å². The van der Waals surface area contributed by atoms with Crippen LogP contribution in [0.15, 0.2) is 21.7 Å². The van der Waals surface area contributed by atoms with Crippen molar-refractivity contribution in [2.45, 2.75) is 33.1 Å². The van der Waals surface area contributed by atoms with Crippen LogP contribution in [0.4, 0.5) is 0 Å². The van der Waals surface area contributed by atoms with Gasteiger partial charge in [0.1, 0.15) is 0 Å². The molecule has 0 saturated carbocycles. The number of hydrogen-bond donors (Lipinski definition) is 2. The van der Waals surface area contributed by atoms with Crippen LogP contribution in [0.3, 0.4) is 0 Å². The maximum atomic E-state index is 12.0. The Bertz CT molecular complexity index is 654. The Labute approximate surface area is 183 Å². The molecule has 0 atom stereocenters. The van der Waals surface area contributed by atoms with Crippen LogP contribution in [0.5, 0.6) is 0 Å². The first-order chi connectivity index (χ1) is 13.1. The van der Waals surface area contributed by atoms with Crippen LogP contribution < -0.4 is 10.6 Å². The third kappa shape index (κ3) is 6.99. The maximum Gasteiger partial charge on any atom is 0.308 e. The molecule has 8 nitrogen and oxygen atoms in total. The standard InChI is InChI=1S/C19H30N4O4.HI/c1-4-20-19(23-11-6-15(7-12-23)18(25)26-3)22-10-5-9-21-17(24)16-14(2)8-13-27-16;/h8,13,15H,4-7,9-12H2,1-3H3,(H,20,22)(H,21,24);1H. The van der Waals surface area contributed by atoms with Gasteiger partial charge in [0.15, 0.2) is 11.7 Å². The highest BCUT2D eigenvalue weighted by molar-refractivity contribution is 14.0. The normalized spacial score (nSPS) is 15.0. The average molecular weight is 506 g/mol. The zero-order valence-electron chi connectivity index (χ0n) is 16.8. The van der Waals surface area contributed by atoms with Gasteiger partial charge in [0, 0.05) is 38.3 Å². The van der Waals surface area contributed by atoms with E-state index in [1.54, 1.807) is 6.07 Å². The number of hydrogen-bond acceptors (Lipinski definition) is 5. The lowest BCUT2D eigenvalue weighted by Crippen LogP contribution is -2.46. The summed E-state index contributed by atoms with van der Waals surface area (Å²) in [5.41, 5.74) is 0.829. The van der Waals surface area contributed by atoms with Crippen molar-refractivity contribution in [2.75, 3.05) is 39.8 Å². The smallest absolute Gasteiger partial charge is 0.308 e. The summed E-state index contributed by atoms with van der Waals surface area (Å²) < 4.78 is 10.0. The molecule has 2 heterocycles. The number of piperidine rings is 1. The van der Waals surface area contributed by atoms with E-state index in [0.29, 0.717) is 18.8 Å². The molecule has 0 aliphatic carbocycles. The minimum Gasteiger partial charge on any atom is -0.469 e. The molecular weight excluding hydrogens is 475 g/mol.